The molecule has 1 aliphatic rings. The molecule has 1 aliphatic heterocycles. The predicted octanol–water partition coefficient (Wildman–Crippen LogP) is 0.935. The van der Waals surface area contributed by atoms with E-state index >= 15 is 0 Å². The average molecular weight is 370 g/mol. The highest BCUT2D eigenvalue weighted by Gasteiger charge is 2.15. The first kappa shape index (κ1) is 17.2. The zero-order valence-electron chi connectivity index (χ0n) is 13.2. The Morgan fingerprint density at radius 1 is 1.45 bits per heavy atom. The summed E-state index contributed by atoms with van der Waals surface area (Å²) in [7, 11) is 3.77. The molecule has 1 aromatic rings. The number of hydrogen-bond acceptors (Lipinski definition) is 5. The number of halogens is 1. The first-order valence-corrected chi connectivity index (χ1v) is 8.41. The summed E-state index contributed by atoms with van der Waals surface area (Å²) in [6, 6.07) is 1.81. The van der Waals surface area contributed by atoms with E-state index in [1.807, 2.05) is 25.1 Å². The average Bonchev–Trinajstić information content (AvgIpc) is 2.52. The number of nitrogens with one attached hydrogen (secondary N) is 2. The lowest BCUT2D eigenvalue weighted by Crippen LogP contribution is -2.44. The van der Waals surface area contributed by atoms with Crippen molar-refractivity contribution in [2.24, 2.45) is 0 Å². The zero-order valence-corrected chi connectivity index (χ0v) is 14.8. The fourth-order valence-electron chi connectivity index (χ4n) is 2.49. The van der Waals surface area contributed by atoms with Crippen molar-refractivity contribution in [2.75, 3.05) is 58.3 Å². The summed E-state index contributed by atoms with van der Waals surface area (Å²) in [5, 5.41) is 6.33. The molecule has 0 spiro atoms. The summed E-state index contributed by atoms with van der Waals surface area (Å²) < 4.78 is 0.809. The number of anilines is 1. The number of nitrogens with zero attached hydrogens (tertiary/aromatic N) is 3. The third-order valence-corrected chi connectivity index (χ3v) is 4.08. The first-order valence-electron chi connectivity index (χ1n) is 7.62. The molecule has 0 aliphatic carbocycles. The van der Waals surface area contributed by atoms with E-state index in [1.165, 1.54) is 0 Å². The second-order valence-corrected chi connectivity index (χ2v) is 6.54. The Bertz CT molecular complexity index is 503. The topological polar surface area (TPSA) is 60.5 Å². The van der Waals surface area contributed by atoms with Crippen LogP contribution < -0.4 is 15.5 Å². The smallest absolute Gasteiger partial charge is 0.255 e. The van der Waals surface area contributed by atoms with E-state index in [4.69, 9.17) is 0 Å². The van der Waals surface area contributed by atoms with Crippen LogP contribution in [0.2, 0.25) is 0 Å². The monoisotopic (exact) mass is 369 g/mol. The number of piperazine rings is 1. The molecule has 122 valence electrons. The number of carbonyl (C=O) groups is 1. The van der Waals surface area contributed by atoms with Gasteiger partial charge in [-0.2, -0.15) is 0 Å². The van der Waals surface area contributed by atoms with Crippen molar-refractivity contribution in [1.29, 1.82) is 0 Å². The van der Waals surface area contributed by atoms with Crippen LogP contribution in [0, 0.1) is 0 Å². The lowest BCUT2D eigenvalue weighted by molar-refractivity contribution is 0.0951. The van der Waals surface area contributed by atoms with Gasteiger partial charge in [0.1, 0.15) is 5.82 Å². The molecule has 22 heavy (non-hydrogen) atoms. The molecule has 2 N–H and O–H groups in total. The molecule has 1 fully saturated rings. The molecule has 1 saturated heterocycles. The van der Waals surface area contributed by atoms with E-state index in [1.54, 1.807) is 6.20 Å². The van der Waals surface area contributed by atoms with Crippen LogP contribution in [0.15, 0.2) is 16.7 Å². The second kappa shape index (κ2) is 8.45. The van der Waals surface area contributed by atoms with Gasteiger partial charge in [0.15, 0.2) is 0 Å². The van der Waals surface area contributed by atoms with Gasteiger partial charge in [-0.3, -0.25) is 4.79 Å². The van der Waals surface area contributed by atoms with Crippen molar-refractivity contribution in [3.05, 3.63) is 22.3 Å². The molecule has 0 radical (unpaired) electrons. The second-order valence-electron chi connectivity index (χ2n) is 5.62. The number of carbonyl (C=O) groups excluding carboxylic acids is 1. The molecule has 7 heteroatoms. The number of aromatic nitrogens is 1. The Morgan fingerprint density at radius 3 is 2.86 bits per heavy atom. The van der Waals surface area contributed by atoms with Crippen molar-refractivity contribution in [2.45, 2.75) is 6.42 Å². The van der Waals surface area contributed by atoms with E-state index in [2.05, 4.69) is 36.4 Å². The quantitative estimate of drug-likeness (QED) is 0.730. The van der Waals surface area contributed by atoms with Gasteiger partial charge in [-0.05, 0) is 35.0 Å². The minimum Gasteiger partial charge on any atom is -0.362 e. The molecule has 0 aromatic carbocycles. The molecule has 2 rings (SSSR count). The van der Waals surface area contributed by atoms with Crippen LogP contribution in [0.1, 0.15) is 16.8 Å². The van der Waals surface area contributed by atoms with Crippen LogP contribution >= 0.6 is 15.9 Å². The Morgan fingerprint density at radius 2 is 2.18 bits per heavy atom. The lowest BCUT2D eigenvalue weighted by Gasteiger charge is -2.27. The van der Waals surface area contributed by atoms with Gasteiger partial charge in [0, 0.05) is 57.5 Å². The standard InChI is InChI=1S/C15H24BrN5O/c1-20(2)14-13(10-12(16)11-19-14)15(22)18-4-3-7-21-8-5-17-6-9-21/h10-11,17H,3-9H2,1-2H3,(H,18,22). The molecule has 0 unspecified atom stereocenters. The fourth-order valence-corrected chi connectivity index (χ4v) is 2.82. The zero-order chi connectivity index (χ0) is 15.9. The summed E-state index contributed by atoms with van der Waals surface area (Å²) in [5.74, 6) is 0.612. The maximum absolute atomic E-state index is 12.4. The van der Waals surface area contributed by atoms with Gasteiger partial charge in [-0.15, -0.1) is 0 Å². The van der Waals surface area contributed by atoms with Crippen molar-refractivity contribution in [3.8, 4) is 0 Å². The van der Waals surface area contributed by atoms with Crippen molar-refractivity contribution in [1.82, 2.24) is 20.5 Å². The first-order chi connectivity index (χ1) is 10.6. The Hall–Kier alpha value is -1.18. The number of hydrogen-bond donors (Lipinski definition) is 2. The minimum absolute atomic E-state index is 0.0715. The van der Waals surface area contributed by atoms with Gasteiger partial charge in [0.05, 0.1) is 5.56 Å². The fraction of sp³-hybridized carbons (Fsp3) is 0.600. The van der Waals surface area contributed by atoms with Gasteiger partial charge in [-0.25, -0.2) is 4.98 Å². The Kier molecular flexibility index (Phi) is 6.60. The maximum atomic E-state index is 12.4. The van der Waals surface area contributed by atoms with Crippen LogP contribution in [0.4, 0.5) is 5.82 Å². The highest BCUT2D eigenvalue weighted by atomic mass is 79.9. The highest BCUT2D eigenvalue weighted by molar-refractivity contribution is 9.10. The molecule has 6 nitrogen and oxygen atoms in total. The van der Waals surface area contributed by atoms with Gasteiger partial charge in [0.25, 0.3) is 5.91 Å². The molecular formula is C15H24BrN5O. The summed E-state index contributed by atoms with van der Waals surface area (Å²) in [6.07, 6.45) is 2.67. The summed E-state index contributed by atoms with van der Waals surface area (Å²) >= 11 is 3.37. The van der Waals surface area contributed by atoms with Crippen LogP contribution in [0.5, 0.6) is 0 Å². The van der Waals surface area contributed by atoms with Gasteiger partial charge < -0.3 is 20.4 Å². The molecule has 1 aromatic heterocycles. The van der Waals surface area contributed by atoms with E-state index in [9.17, 15) is 4.79 Å². The Balaban J connectivity index is 1.83. The normalized spacial score (nSPS) is 15.6. The van der Waals surface area contributed by atoms with Crippen molar-refractivity contribution in [3.63, 3.8) is 0 Å². The third kappa shape index (κ3) is 4.93. The van der Waals surface area contributed by atoms with Crippen molar-refractivity contribution < 1.29 is 4.79 Å². The number of rotatable bonds is 6. The summed E-state index contributed by atoms with van der Waals surface area (Å²) in [6.45, 7) is 6.01. The van der Waals surface area contributed by atoms with E-state index in [0.29, 0.717) is 17.9 Å². The summed E-state index contributed by atoms with van der Waals surface area (Å²) in [5.41, 5.74) is 0.599. The SMILES string of the molecule is CN(C)c1ncc(Br)cc1C(=O)NCCCN1CCNCC1. The summed E-state index contributed by atoms with van der Waals surface area (Å²) in [4.78, 5) is 20.9. The van der Waals surface area contributed by atoms with Crippen LogP contribution in [-0.2, 0) is 0 Å². The predicted molar refractivity (Wildman–Crippen MR) is 92.5 cm³/mol. The van der Waals surface area contributed by atoms with Gasteiger partial charge >= 0.3 is 0 Å². The highest BCUT2D eigenvalue weighted by Crippen LogP contribution is 2.19. The van der Waals surface area contributed by atoms with Crippen LogP contribution in [-0.4, -0.2) is 69.2 Å². The van der Waals surface area contributed by atoms with E-state index in [-0.39, 0.29) is 5.91 Å². The molecule has 0 bridgehead atoms. The van der Waals surface area contributed by atoms with E-state index in [0.717, 1.165) is 43.6 Å². The van der Waals surface area contributed by atoms with Crippen molar-refractivity contribution >= 4 is 27.7 Å². The Labute approximate surface area is 140 Å². The largest absolute Gasteiger partial charge is 0.362 e. The lowest BCUT2D eigenvalue weighted by atomic mass is 10.2. The minimum atomic E-state index is -0.0715. The van der Waals surface area contributed by atoms with E-state index < -0.39 is 0 Å². The molecular weight excluding hydrogens is 346 g/mol. The molecule has 0 saturated carbocycles. The number of amides is 1. The maximum Gasteiger partial charge on any atom is 0.255 e. The van der Waals surface area contributed by atoms with Crippen LogP contribution in [0.25, 0.3) is 0 Å². The molecule has 1 amide bonds. The van der Waals surface area contributed by atoms with Gasteiger partial charge in [0.2, 0.25) is 0 Å². The van der Waals surface area contributed by atoms with Crippen LogP contribution in [0.3, 0.4) is 0 Å². The third-order valence-electron chi connectivity index (χ3n) is 3.65. The molecule has 0 atom stereocenters. The number of pyridine rings is 1. The molecule has 2 heterocycles. The van der Waals surface area contributed by atoms with Gasteiger partial charge in [-0.1, -0.05) is 0 Å².